The van der Waals surface area contributed by atoms with Crippen LogP contribution in [-0.2, 0) is 22.4 Å². The van der Waals surface area contributed by atoms with Gasteiger partial charge in [-0.15, -0.1) is 0 Å². The zero-order valence-electron chi connectivity index (χ0n) is 15.2. The molecule has 0 fully saturated rings. The minimum absolute atomic E-state index is 0.0959. The molecule has 2 N–H and O–H groups in total. The number of benzene rings is 2. The van der Waals surface area contributed by atoms with Crippen LogP contribution in [0.25, 0.3) is 0 Å². The third-order valence-corrected chi connectivity index (χ3v) is 4.94. The van der Waals surface area contributed by atoms with Gasteiger partial charge in [-0.25, -0.2) is 4.79 Å². The van der Waals surface area contributed by atoms with Crippen LogP contribution in [0.15, 0.2) is 42.5 Å². The van der Waals surface area contributed by atoms with Gasteiger partial charge in [-0.2, -0.15) is 0 Å². The maximum atomic E-state index is 13.3. The Hall–Kier alpha value is -2.82. The molecule has 1 atom stereocenters. The number of nitrogens with two attached hydrogens (primary N) is 1. The highest BCUT2D eigenvalue weighted by atomic mass is 16.5. The predicted octanol–water partition coefficient (Wildman–Crippen LogP) is 2.75. The van der Waals surface area contributed by atoms with Crippen LogP contribution >= 0.6 is 0 Å². The van der Waals surface area contributed by atoms with Crippen molar-refractivity contribution in [2.24, 2.45) is 0 Å². The SMILES string of the molecule is COC(=O)[C@H](Cc1ccc(N)cc1)N1CCCc2cccc(C)c2C1=O. The maximum Gasteiger partial charge on any atom is 0.328 e. The fourth-order valence-electron chi connectivity index (χ4n) is 3.56. The fourth-order valence-corrected chi connectivity index (χ4v) is 3.56. The number of nitrogen functional groups attached to an aromatic ring is 1. The molecule has 1 heterocycles. The predicted molar refractivity (Wildman–Crippen MR) is 101 cm³/mol. The van der Waals surface area contributed by atoms with Gasteiger partial charge >= 0.3 is 5.97 Å². The molecule has 0 radical (unpaired) electrons. The van der Waals surface area contributed by atoms with Crippen LogP contribution in [0.4, 0.5) is 5.69 Å². The Morgan fingerprint density at radius 2 is 1.96 bits per heavy atom. The lowest BCUT2D eigenvalue weighted by molar-refractivity contribution is -0.146. The van der Waals surface area contributed by atoms with Crippen molar-refractivity contribution in [3.8, 4) is 0 Å². The first kappa shape index (κ1) is 18.0. The van der Waals surface area contributed by atoms with E-state index in [2.05, 4.69) is 0 Å². The van der Waals surface area contributed by atoms with Crippen molar-refractivity contribution < 1.29 is 14.3 Å². The number of carbonyl (C=O) groups is 2. The number of esters is 1. The van der Waals surface area contributed by atoms with E-state index in [9.17, 15) is 9.59 Å². The van der Waals surface area contributed by atoms with E-state index in [0.29, 0.717) is 18.7 Å². The molecule has 26 heavy (non-hydrogen) atoms. The molecular weight excluding hydrogens is 328 g/mol. The van der Waals surface area contributed by atoms with E-state index in [0.717, 1.165) is 35.1 Å². The number of nitrogens with zero attached hydrogens (tertiary/aromatic N) is 1. The third kappa shape index (κ3) is 3.57. The number of amides is 1. The molecule has 3 rings (SSSR count). The van der Waals surface area contributed by atoms with Gasteiger partial charge < -0.3 is 15.4 Å². The van der Waals surface area contributed by atoms with E-state index in [1.54, 1.807) is 17.0 Å². The molecule has 1 aliphatic heterocycles. The quantitative estimate of drug-likeness (QED) is 0.678. The van der Waals surface area contributed by atoms with E-state index in [1.807, 2.05) is 37.3 Å². The molecule has 0 saturated heterocycles. The van der Waals surface area contributed by atoms with Crippen molar-refractivity contribution >= 4 is 17.6 Å². The number of hydrogen-bond acceptors (Lipinski definition) is 4. The minimum Gasteiger partial charge on any atom is -0.467 e. The van der Waals surface area contributed by atoms with E-state index < -0.39 is 12.0 Å². The summed E-state index contributed by atoms with van der Waals surface area (Å²) in [6.45, 7) is 2.47. The van der Waals surface area contributed by atoms with Gasteiger partial charge in [0, 0.05) is 24.2 Å². The first-order valence-corrected chi connectivity index (χ1v) is 8.83. The summed E-state index contributed by atoms with van der Waals surface area (Å²) in [5, 5.41) is 0. The summed E-state index contributed by atoms with van der Waals surface area (Å²) >= 11 is 0. The molecule has 5 nitrogen and oxygen atoms in total. The van der Waals surface area contributed by atoms with Crippen LogP contribution in [0.1, 0.15) is 33.5 Å². The Kier molecular flexibility index (Phi) is 5.26. The zero-order valence-corrected chi connectivity index (χ0v) is 15.2. The maximum absolute atomic E-state index is 13.3. The number of anilines is 1. The highest BCUT2D eigenvalue weighted by molar-refractivity contribution is 5.99. The third-order valence-electron chi connectivity index (χ3n) is 4.94. The van der Waals surface area contributed by atoms with Crippen LogP contribution < -0.4 is 5.73 Å². The van der Waals surface area contributed by atoms with Crippen LogP contribution in [0.3, 0.4) is 0 Å². The first-order valence-electron chi connectivity index (χ1n) is 8.83. The molecular formula is C21H24N2O3. The minimum atomic E-state index is -0.651. The van der Waals surface area contributed by atoms with E-state index in [4.69, 9.17) is 10.5 Å². The molecule has 0 bridgehead atoms. The average Bonchev–Trinajstić information content (AvgIpc) is 2.80. The Labute approximate surface area is 153 Å². The van der Waals surface area contributed by atoms with Gasteiger partial charge in [-0.3, -0.25) is 4.79 Å². The number of fused-ring (bicyclic) bond motifs is 1. The summed E-state index contributed by atoms with van der Waals surface area (Å²) < 4.78 is 5.01. The van der Waals surface area contributed by atoms with Gasteiger partial charge in [0.2, 0.25) is 0 Å². The number of ether oxygens (including phenoxy) is 1. The Balaban J connectivity index is 1.95. The summed E-state index contributed by atoms with van der Waals surface area (Å²) in [6.07, 6.45) is 2.05. The van der Waals surface area contributed by atoms with Crippen LogP contribution in [0.2, 0.25) is 0 Å². The second-order valence-corrected chi connectivity index (χ2v) is 6.70. The molecule has 0 unspecified atom stereocenters. The zero-order chi connectivity index (χ0) is 18.7. The smallest absolute Gasteiger partial charge is 0.328 e. The standard InChI is InChI=1S/C21H24N2O3/c1-14-5-3-6-16-7-4-12-23(20(24)19(14)16)18(21(25)26-2)13-15-8-10-17(22)11-9-15/h3,5-6,8-11,18H,4,7,12-13,22H2,1-2H3/t18-/m0/s1. The van der Waals surface area contributed by atoms with Gasteiger partial charge in [-0.1, -0.05) is 30.3 Å². The molecule has 2 aromatic carbocycles. The molecule has 0 aliphatic carbocycles. The van der Waals surface area contributed by atoms with Crippen molar-refractivity contribution in [2.75, 3.05) is 19.4 Å². The van der Waals surface area contributed by atoms with Gasteiger partial charge in [0.1, 0.15) is 6.04 Å². The number of hydrogen-bond donors (Lipinski definition) is 1. The second-order valence-electron chi connectivity index (χ2n) is 6.70. The highest BCUT2D eigenvalue weighted by Crippen LogP contribution is 2.25. The number of aryl methyl sites for hydroxylation is 2. The van der Waals surface area contributed by atoms with E-state index >= 15 is 0 Å². The topological polar surface area (TPSA) is 72.6 Å². The van der Waals surface area contributed by atoms with E-state index in [1.165, 1.54) is 7.11 Å². The highest BCUT2D eigenvalue weighted by Gasteiger charge is 2.34. The van der Waals surface area contributed by atoms with Crippen molar-refractivity contribution in [3.63, 3.8) is 0 Å². The molecule has 0 spiro atoms. The van der Waals surface area contributed by atoms with Crippen LogP contribution in [0.5, 0.6) is 0 Å². The van der Waals surface area contributed by atoms with Crippen molar-refractivity contribution in [3.05, 3.63) is 64.7 Å². The lowest BCUT2D eigenvalue weighted by Crippen LogP contribution is -2.47. The van der Waals surface area contributed by atoms with Crippen molar-refractivity contribution in [2.45, 2.75) is 32.2 Å². The van der Waals surface area contributed by atoms with Gasteiger partial charge in [0.25, 0.3) is 5.91 Å². The molecule has 1 amide bonds. The fraction of sp³-hybridized carbons (Fsp3) is 0.333. The van der Waals surface area contributed by atoms with E-state index in [-0.39, 0.29) is 5.91 Å². The molecule has 1 aliphatic rings. The lowest BCUT2D eigenvalue weighted by Gasteiger charge is -2.29. The average molecular weight is 352 g/mol. The monoisotopic (exact) mass is 352 g/mol. The van der Waals surface area contributed by atoms with Crippen molar-refractivity contribution in [1.82, 2.24) is 4.90 Å². The summed E-state index contributed by atoms with van der Waals surface area (Å²) in [6, 6.07) is 12.6. The molecule has 2 aromatic rings. The normalized spacial score (nSPS) is 15.2. The summed E-state index contributed by atoms with van der Waals surface area (Å²) in [5.41, 5.74) is 10.1. The molecule has 0 aromatic heterocycles. The Morgan fingerprint density at radius 3 is 2.65 bits per heavy atom. The summed E-state index contributed by atoms with van der Waals surface area (Å²) in [7, 11) is 1.36. The van der Waals surface area contributed by atoms with Gasteiger partial charge in [0.15, 0.2) is 0 Å². The molecule has 0 saturated carbocycles. The Bertz CT molecular complexity index is 815. The second kappa shape index (κ2) is 7.60. The number of methoxy groups -OCH3 is 1. The molecule has 136 valence electrons. The first-order chi connectivity index (χ1) is 12.5. The summed E-state index contributed by atoms with van der Waals surface area (Å²) in [5.74, 6) is -0.492. The van der Waals surface area contributed by atoms with Crippen LogP contribution in [-0.4, -0.2) is 36.5 Å². The largest absolute Gasteiger partial charge is 0.467 e. The van der Waals surface area contributed by atoms with Crippen LogP contribution in [0, 0.1) is 6.92 Å². The molecule has 5 heteroatoms. The van der Waals surface area contributed by atoms with Gasteiger partial charge in [-0.05, 0) is 48.6 Å². The number of carbonyl (C=O) groups excluding carboxylic acids is 2. The lowest BCUT2D eigenvalue weighted by atomic mass is 9.98. The van der Waals surface area contributed by atoms with Crippen molar-refractivity contribution in [1.29, 1.82) is 0 Å². The van der Waals surface area contributed by atoms with Gasteiger partial charge in [0.05, 0.1) is 7.11 Å². The summed E-state index contributed by atoms with van der Waals surface area (Å²) in [4.78, 5) is 27.4. The number of rotatable bonds is 4. The Morgan fingerprint density at radius 1 is 1.23 bits per heavy atom.